The molecule has 0 aliphatic heterocycles. The van der Waals surface area contributed by atoms with Crippen molar-refractivity contribution in [2.45, 2.75) is 69.7 Å². The van der Waals surface area contributed by atoms with Crippen molar-refractivity contribution in [3.05, 3.63) is 0 Å². The van der Waals surface area contributed by atoms with Gasteiger partial charge in [0.25, 0.3) is 5.91 Å². The van der Waals surface area contributed by atoms with E-state index in [0.717, 1.165) is 38.5 Å². The molecule has 2 amide bonds. The van der Waals surface area contributed by atoms with Gasteiger partial charge in [0.05, 0.1) is 5.41 Å². The summed E-state index contributed by atoms with van der Waals surface area (Å²) in [5.74, 6) is 0.00388. The Balaban J connectivity index is 1.50. The molecule has 4 bridgehead atoms. The fourth-order valence-corrected chi connectivity index (χ4v) is 6.12. The summed E-state index contributed by atoms with van der Waals surface area (Å²) in [6.07, 6.45) is 6.29. The average molecular weight is 385 g/mol. The van der Waals surface area contributed by atoms with E-state index in [1.165, 1.54) is 0 Å². The van der Waals surface area contributed by atoms with Gasteiger partial charge in [-0.15, -0.1) is 11.6 Å². The van der Waals surface area contributed by atoms with Gasteiger partial charge in [-0.25, -0.2) is 0 Å². The molecular weight excluding hydrogens is 356 g/mol. The van der Waals surface area contributed by atoms with Crippen molar-refractivity contribution in [3.63, 3.8) is 0 Å². The Hall–Kier alpha value is -1.30. The Kier molecular flexibility index (Phi) is 5.52. The summed E-state index contributed by atoms with van der Waals surface area (Å²) in [5.41, 5.74) is -0.518. The number of carbonyl (C=O) groups excluding carboxylic acids is 3. The smallest absolute Gasteiger partial charge is 0.312 e. The van der Waals surface area contributed by atoms with E-state index in [1.54, 1.807) is 6.92 Å². The predicted molar refractivity (Wildman–Crippen MR) is 97.6 cm³/mol. The Morgan fingerprint density at radius 3 is 2.42 bits per heavy atom. The molecule has 0 radical (unpaired) electrons. The van der Waals surface area contributed by atoms with Crippen LogP contribution in [0.5, 0.6) is 0 Å². The summed E-state index contributed by atoms with van der Waals surface area (Å²) < 4.78 is 5.35. The van der Waals surface area contributed by atoms with Crippen molar-refractivity contribution in [3.8, 4) is 0 Å². The lowest BCUT2D eigenvalue weighted by Gasteiger charge is -2.58. The van der Waals surface area contributed by atoms with Crippen LogP contribution in [-0.2, 0) is 19.1 Å². The molecule has 2 N–H and O–H groups in total. The SMILES string of the molecule is CCCNC(=O)[C@@H](C)NC(=O)COC(=O)C12C[C@@H]3C[C@@H](CC(Cl)(C3)C1)C2. The van der Waals surface area contributed by atoms with Gasteiger partial charge in [0.1, 0.15) is 6.04 Å². The minimum atomic E-state index is -0.654. The lowest BCUT2D eigenvalue weighted by molar-refractivity contribution is -0.171. The maximum absolute atomic E-state index is 12.8. The number of hydrogen-bond acceptors (Lipinski definition) is 4. The monoisotopic (exact) mass is 384 g/mol. The molecule has 4 aliphatic carbocycles. The van der Waals surface area contributed by atoms with Crippen LogP contribution in [-0.4, -0.2) is 41.9 Å². The highest BCUT2D eigenvalue weighted by atomic mass is 35.5. The quantitative estimate of drug-likeness (QED) is 0.520. The number of amides is 2. The van der Waals surface area contributed by atoms with E-state index in [1.807, 2.05) is 6.92 Å². The highest BCUT2D eigenvalue weighted by Crippen LogP contribution is 2.64. The Morgan fingerprint density at radius 2 is 1.85 bits per heavy atom. The first-order valence-electron chi connectivity index (χ1n) is 9.68. The summed E-state index contributed by atoms with van der Waals surface area (Å²) in [7, 11) is 0. The average Bonchev–Trinajstić information content (AvgIpc) is 2.55. The van der Waals surface area contributed by atoms with Crippen LogP contribution in [0.1, 0.15) is 58.8 Å². The first-order chi connectivity index (χ1) is 12.3. The van der Waals surface area contributed by atoms with Crippen molar-refractivity contribution >= 4 is 29.4 Å². The second-order valence-corrected chi connectivity index (χ2v) is 9.35. The number of carbonyl (C=O) groups is 3. The second kappa shape index (κ2) is 7.37. The molecule has 4 rings (SSSR count). The van der Waals surface area contributed by atoms with Crippen LogP contribution in [0.15, 0.2) is 0 Å². The van der Waals surface area contributed by atoms with E-state index in [-0.39, 0.29) is 23.4 Å². The molecule has 5 atom stereocenters. The van der Waals surface area contributed by atoms with Crippen molar-refractivity contribution < 1.29 is 19.1 Å². The third kappa shape index (κ3) is 4.00. The third-order valence-corrected chi connectivity index (χ3v) is 6.52. The van der Waals surface area contributed by atoms with Crippen LogP contribution < -0.4 is 10.6 Å². The molecule has 0 saturated heterocycles. The second-order valence-electron chi connectivity index (χ2n) is 8.55. The first kappa shape index (κ1) is 19.5. The van der Waals surface area contributed by atoms with Crippen LogP contribution in [0.3, 0.4) is 0 Å². The van der Waals surface area contributed by atoms with Crippen LogP contribution in [0, 0.1) is 17.3 Å². The maximum Gasteiger partial charge on any atom is 0.312 e. The maximum atomic E-state index is 12.8. The topological polar surface area (TPSA) is 84.5 Å². The van der Waals surface area contributed by atoms with Crippen LogP contribution >= 0.6 is 11.6 Å². The molecular formula is C19H29ClN2O4. The minimum absolute atomic E-state index is 0.239. The van der Waals surface area contributed by atoms with E-state index in [4.69, 9.17) is 16.3 Å². The summed E-state index contributed by atoms with van der Waals surface area (Å²) in [6, 6.07) is -0.654. The zero-order valence-corrected chi connectivity index (χ0v) is 16.4. The molecule has 146 valence electrons. The first-order valence-corrected chi connectivity index (χ1v) is 10.1. The summed E-state index contributed by atoms with van der Waals surface area (Å²) in [6.45, 7) is 3.79. The van der Waals surface area contributed by atoms with Gasteiger partial charge in [-0.2, -0.15) is 0 Å². The minimum Gasteiger partial charge on any atom is -0.455 e. The van der Waals surface area contributed by atoms with E-state index in [2.05, 4.69) is 10.6 Å². The highest BCUT2D eigenvalue weighted by Gasteiger charge is 2.60. The van der Waals surface area contributed by atoms with Gasteiger partial charge in [-0.3, -0.25) is 14.4 Å². The molecule has 4 saturated carbocycles. The van der Waals surface area contributed by atoms with Crippen LogP contribution in [0.4, 0.5) is 0 Å². The molecule has 4 fully saturated rings. The van der Waals surface area contributed by atoms with E-state index < -0.39 is 17.4 Å². The predicted octanol–water partition coefficient (Wildman–Crippen LogP) is 2.14. The molecule has 7 heteroatoms. The van der Waals surface area contributed by atoms with E-state index in [9.17, 15) is 14.4 Å². The van der Waals surface area contributed by atoms with Gasteiger partial charge >= 0.3 is 5.97 Å². The van der Waals surface area contributed by atoms with Crippen molar-refractivity contribution in [2.24, 2.45) is 17.3 Å². The normalized spacial score (nSPS) is 35.7. The summed E-state index contributed by atoms with van der Waals surface area (Å²) in [4.78, 5) is 36.3. The van der Waals surface area contributed by atoms with Gasteiger partial charge in [0.15, 0.2) is 6.61 Å². The lowest BCUT2D eigenvalue weighted by atomic mass is 9.49. The van der Waals surface area contributed by atoms with Gasteiger partial charge in [-0.05, 0) is 63.7 Å². The van der Waals surface area contributed by atoms with Gasteiger partial charge < -0.3 is 15.4 Å². The molecule has 0 spiro atoms. The van der Waals surface area contributed by atoms with Crippen molar-refractivity contribution in [2.75, 3.05) is 13.2 Å². The fraction of sp³-hybridized carbons (Fsp3) is 0.842. The summed E-state index contributed by atoms with van der Waals surface area (Å²) >= 11 is 6.74. The number of esters is 1. The largest absolute Gasteiger partial charge is 0.455 e. The molecule has 0 heterocycles. The highest BCUT2D eigenvalue weighted by molar-refractivity contribution is 6.24. The number of hydrogen-bond donors (Lipinski definition) is 2. The Morgan fingerprint density at radius 1 is 1.19 bits per heavy atom. The zero-order chi connectivity index (χ0) is 18.9. The standard InChI is InChI=1S/C19H29ClN2O4/c1-3-4-21-16(24)12(2)22-15(23)10-26-17(25)18-6-13-5-14(7-18)9-19(20,8-13)11-18/h12-14H,3-11H2,1-2H3,(H,21,24)(H,22,23)/t12-,13-,14+,18?,19?/m1/s1. The van der Waals surface area contributed by atoms with Crippen LogP contribution in [0.2, 0.25) is 0 Å². The molecule has 0 aromatic rings. The Labute approximate surface area is 159 Å². The molecule has 0 aromatic carbocycles. The van der Waals surface area contributed by atoms with E-state index >= 15 is 0 Å². The third-order valence-electron chi connectivity index (χ3n) is 6.08. The number of halogens is 1. The zero-order valence-electron chi connectivity index (χ0n) is 15.6. The molecule has 6 nitrogen and oxygen atoms in total. The molecule has 26 heavy (non-hydrogen) atoms. The molecule has 2 unspecified atom stereocenters. The van der Waals surface area contributed by atoms with Gasteiger partial charge in [0, 0.05) is 11.4 Å². The van der Waals surface area contributed by atoms with Gasteiger partial charge in [-0.1, -0.05) is 6.92 Å². The summed E-state index contributed by atoms with van der Waals surface area (Å²) in [5, 5.41) is 5.29. The van der Waals surface area contributed by atoms with Crippen molar-refractivity contribution in [1.29, 1.82) is 0 Å². The number of alkyl halides is 1. The van der Waals surface area contributed by atoms with Crippen LogP contribution in [0.25, 0.3) is 0 Å². The van der Waals surface area contributed by atoms with E-state index in [0.29, 0.717) is 24.8 Å². The number of rotatable bonds is 7. The Bertz CT molecular complexity index is 580. The van der Waals surface area contributed by atoms with Gasteiger partial charge in [0.2, 0.25) is 5.91 Å². The number of ether oxygens (including phenoxy) is 1. The lowest BCUT2D eigenvalue weighted by Crippen LogP contribution is -2.56. The molecule has 4 aliphatic rings. The molecule has 0 aromatic heterocycles. The number of nitrogens with one attached hydrogen (secondary N) is 2. The fourth-order valence-electron chi connectivity index (χ4n) is 5.42. The van der Waals surface area contributed by atoms with Crippen molar-refractivity contribution in [1.82, 2.24) is 10.6 Å².